The van der Waals surface area contributed by atoms with E-state index in [1.165, 1.54) is 0 Å². The predicted molar refractivity (Wildman–Crippen MR) is 128 cm³/mol. The zero-order valence-electron chi connectivity index (χ0n) is 17.9. The number of fused-ring (bicyclic) bond motifs is 1. The molecule has 0 aliphatic heterocycles. The number of rotatable bonds is 5. The molecule has 1 aromatic heterocycles. The second-order valence-corrected chi connectivity index (χ2v) is 7.42. The average Bonchev–Trinajstić information content (AvgIpc) is 2.89. The van der Waals surface area contributed by atoms with Gasteiger partial charge >= 0.3 is 5.97 Å². The van der Waals surface area contributed by atoms with E-state index in [-0.39, 0.29) is 0 Å². The minimum Gasteiger partial charge on any atom is -0.497 e. The molecule has 5 aromatic rings. The molecule has 5 rings (SSSR count). The summed E-state index contributed by atoms with van der Waals surface area (Å²) in [6.45, 7) is 0. The fourth-order valence-corrected chi connectivity index (χ4v) is 3.60. The average molecular weight is 432 g/mol. The van der Waals surface area contributed by atoms with E-state index < -0.39 is 5.97 Å². The summed E-state index contributed by atoms with van der Waals surface area (Å²) in [6.07, 6.45) is 0. The highest BCUT2D eigenvalue weighted by atomic mass is 16.5. The van der Waals surface area contributed by atoms with Crippen molar-refractivity contribution in [2.75, 3.05) is 7.11 Å². The van der Waals surface area contributed by atoms with E-state index >= 15 is 0 Å². The number of esters is 1. The second kappa shape index (κ2) is 8.93. The summed E-state index contributed by atoms with van der Waals surface area (Å²) < 4.78 is 10.7. The van der Waals surface area contributed by atoms with Crippen LogP contribution < -0.4 is 9.47 Å². The number of benzene rings is 4. The molecule has 160 valence electrons. The van der Waals surface area contributed by atoms with Crippen molar-refractivity contribution in [2.45, 2.75) is 0 Å². The molecule has 0 saturated heterocycles. The number of methoxy groups -OCH3 is 1. The number of carbonyl (C=O) groups excluding carboxylic acids is 1. The van der Waals surface area contributed by atoms with Gasteiger partial charge in [0.25, 0.3) is 0 Å². The molecule has 5 nitrogen and oxygen atoms in total. The summed E-state index contributed by atoms with van der Waals surface area (Å²) in [5.74, 6) is 0.599. The first kappa shape index (κ1) is 20.4. The first-order valence-electron chi connectivity index (χ1n) is 10.5. The summed E-state index contributed by atoms with van der Waals surface area (Å²) >= 11 is 0. The summed E-state index contributed by atoms with van der Waals surface area (Å²) in [5, 5.41) is 0. The van der Waals surface area contributed by atoms with Gasteiger partial charge in [-0.15, -0.1) is 0 Å². The van der Waals surface area contributed by atoms with Crippen LogP contribution in [0.2, 0.25) is 0 Å². The van der Waals surface area contributed by atoms with Crippen molar-refractivity contribution in [1.29, 1.82) is 0 Å². The molecule has 33 heavy (non-hydrogen) atoms. The summed E-state index contributed by atoms with van der Waals surface area (Å²) in [4.78, 5) is 22.3. The highest BCUT2D eigenvalue weighted by Gasteiger charge is 2.14. The number of nitrogens with zero attached hydrogens (tertiary/aromatic N) is 2. The number of hydrogen-bond donors (Lipinski definition) is 0. The van der Waals surface area contributed by atoms with Gasteiger partial charge in [-0.2, -0.15) is 0 Å². The van der Waals surface area contributed by atoms with Crippen LogP contribution in [0.4, 0.5) is 0 Å². The fourth-order valence-electron chi connectivity index (χ4n) is 3.60. The smallest absolute Gasteiger partial charge is 0.343 e. The third-order valence-electron chi connectivity index (χ3n) is 5.26. The van der Waals surface area contributed by atoms with Crippen LogP contribution in [0.3, 0.4) is 0 Å². The van der Waals surface area contributed by atoms with Crippen molar-refractivity contribution in [1.82, 2.24) is 9.97 Å². The molecule has 0 unspecified atom stereocenters. The Morgan fingerprint density at radius 3 is 1.88 bits per heavy atom. The molecular weight excluding hydrogens is 412 g/mol. The summed E-state index contributed by atoms with van der Waals surface area (Å²) in [6, 6.07) is 32.0. The largest absolute Gasteiger partial charge is 0.497 e. The molecule has 0 atom stereocenters. The Hall–Kier alpha value is -4.51. The van der Waals surface area contributed by atoms with E-state index in [0.717, 1.165) is 33.5 Å². The number of hydrogen-bond acceptors (Lipinski definition) is 5. The van der Waals surface area contributed by atoms with Crippen LogP contribution in [-0.4, -0.2) is 23.0 Å². The molecule has 4 aromatic carbocycles. The van der Waals surface area contributed by atoms with E-state index in [2.05, 4.69) is 0 Å². The third kappa shape index (κ3) is 4.29. The van der Waals surface area contributed by atoms with E-state index in [1.54, 1.807) is 43.5 Å². The Balaban J connectivity index is 1.48. The normalized spacial score (nSPS) is 10.7. The molecule has 0 amide bonds. The SMILES string of the molecule is COc1cccc(C(=O)Oc2ccc(-c3nc4ccccc4nc3-c3ccccc3)cc2)c1. The zero-order valence-corrected chi connectivity index (χ0v) is 17.9. The molecule has 5 heteroatoms. The van der Waals surface area contributed by atoms with Crippen molar-refractivity contribution in [3.8, 4) is 34.0 Å². The number of aromatic nitrogens is 2. The van der Waals surface area contributed by atoms with Crippen molar-refractivity contribution < 1.29 is 14.3 Å². The van der Waals surface area contributed by atoms with E-state index in [0.29, 0.717) is 17.1 Å². The molecule has 0 saturated carbocycles. The maximum Gasteiger partial charge on any atom is 0.343 e. The van der Waals surface area contributed by atoms with Crippen LogP contribution in [0.5, 0.6) is 11.5 Å². The molecule has 0 aliphatic rings. The van der Waals surface area contributed by atoms with Gasteiger partial charge in [0.2, 0.25) is 0 Å². The zero-order chi connectivity index (χ0) is 22.6. The Bertz CT molecular complexity index is 1430. The maximum atomic E-state index is 12.5. The van der Waals surface area contributed by atoms with Crippen molar-refractivity contribution in [2.24, 2.45) is 0 Å². The van der Waals surface area contributed by atoms with Gasteiger partial charge in [0.15, 0.2) is 0 Å². The first-order chi connectivity index (χ1) is 16.2. The van der Waals surface area contributed by atoms with Crippen LogP contribution >= 0.6 is 0 Å². The number of ether oxygens (including phenoxy) is 2. The lowest BCUT2D eigenvalue weighted by atomic mass is 10.0. The molecule has 0 N–H and O–H groups in total. The second-order valence-electron chi connectivity index (χ2n) is 7.42. The van der Waals surface area contributed by atoms with Gasteiger partial charge < -0.3 is 9.47 Å². The Morgan fingerprint density at radius 2 is 1.24 bits per heavy atom. The monoisotopic (exact) mass is 432 g/mol. The van der Waals surface area contributed by atoms with Gasteiger partial charge in [0.05, 0.1) is 35.1 Å². The van der Waals surface area contributed by atoms with Gasteiger partial charge in [-0.3, -0.25) is 0 Å². The summed E-state index contributed by atoms with van der Waals surface area (Å²) in [7, 11) is 1.56. The third-order valence-corrected chi connectivity index (χ3v) is 5.26. The number of para-hydroxylation sites is 2. The van der Waals surface area contributed by atoms with Crippen LogP contribution in [0, 0.1) is 0 Å². The van der Waals surface area contributed by atoms with Crippen molar-refractivity contribution in [3.63, 3.8) is 0 Å². The molecule has 0 bridgehead atoms. The van der Waals surface area contributed by atoms with Gasteiger partial charge in [0.1, 0.15) is 11.5 Å². The van der Waals surface area contributed by atoms with E-state index in [4.69, 9.17) is 19.4 Å². The lowest BCUT2D eigenvalue weighted by Crippen LogP contribution is -2.08. The molecule has 0 spiro atoms. The number of carbonyl (C=O) groups is 1. The molecule has 0 fully saturated rings. The van der Waals surface area contributed by atoms with Gasteiger partial charge in [-0.25, -0.2) is 14.8 Å². The van der Waals surface area contributed by atoms with Crippen molar-refractivity contribution in [3.05, 3.63) is 109 Å². The first-order valence-corrected chi connectivity index (χ1v) is 10.5. The molecule has 0 aliphatic carbocycles. The lowest BCUT2D eigenvalue weighted by molar-refractivity contribution is 0.0734. The van der Waals surface area contributed by atoms with Gasteiger partial charge in [0, 0.05) is 11.1 Å². The quantitative estimate of drug-likeness (QED) is 0.245. The Labute approximate surface area is 191 Å². The van der Waals surface area contributed by atoms with E-state index in [9.17, 15) is 4.79 Å². The van der Waals surface area contributed by atoms with Crippen LogP contribution in [0.1, 0.15) is 10.4 Å². The highest BCUT2D eigenvalue weighted by Crippen LogP contribution is 2.32. The Morgan fingerprint density at radius 1 is 0.636 bits per heavy atom. The predicted octanol–water partition coefficient (Wildman–Crippen LogP) is 6.19. The van der Waals surface area contributed by atoms with E-state index in [1.807, 2.05) is 66.7 Å². The minimum atomic E-state index is -0.447. The van der Waals surface area contributed by atoms with Gasteiger partial charge in [-0.1, -0.05) is 48.5 Å². The lowest BCUT2D eigenvalue weighted by Gasteiger charge is -2.11. The Kier molecular flexibility index (Phi) is 5.52. The van der Waals surface area contributed by atoms with Gasteiger partial charge in [-0.05, 0) is 54.6 Å². The summed E-state index contributed by atoms with van der Waals surface area (Å²) in [5.41, 5.74) is 5.52. The highest BCUT2D eigenvalue weighted by molar-refractivity contribution is 5.91. The standard InChI is InChI=1S/C28H20N2O3/c1-32-23-11-7-10-21(18-23)28(31)33-22-16-14-20(15-17-22)27-26(19-8-3-2-4-9-19)29-24-12-5-6-13-25(24)30-27/h2-18H,1H3. The molecular formula is C28H20N2O3. The topological polar surface area (TPSA) is 61.3 Å². The fraction of sp³-hybridized carbons (Fsp3) is 0.0357. The minimum absolute atomic E-state index is 0.421. The van der Waals surface area contributed by atoms with Crippen LogP contribution in [-0.2, 0) is 0 Å². The van der Waals surface area contributed by atoms with Crippen LogP contribution in [0.15, 0.2) is 103 Å². The maximum absolute atomic E-state index is 12.5. The molecule has 1 heterocycles. The molecule has 0 radical (unpaired) electrons. The van der Waals surface area contributed by atoms with Crippen LogP contribution in [0.25, 0.3) is 33.5 Å². The van der Waals surface area contributed by atoms with Crippen molar-refractivity contribution >= 4 is 17.0 Å².